The number of aliphatic hydroxyl groups is 3. The molecule has 0 bridgehead atoms. The molecule has 0 amide bonds. The second-order valence-electron chi connectivity index (χ2n) is 4.43. The number of carboxylic acid groups (broad SMARTS) is 1. The normalized spacial score (nSPS) is 32.7. The highest BCUT2D eigenvalue weighted by Crippen LogP contribution is 2.31. The number of aliphatic hydroxyl groups excluding tert-OH is 3. The lowest BCUT2D eigenvalue weighted by Gasteiger charge is -2.38. The van der Waals surface area contributed by atoms with Gasteiger partial charge in [0, 0.05) is 5.02 Å². The Morgan fingerprint density at radius 2 is 1.81 bits per heavy atom. The van der Waals surface area contributed by atoms with Gasteiger partial charge in [0.1, 0.15) is 24.1 Å². The van der Waals surface area contributed by atoms with E-state index in [1.165, 1.54) is 18.2 Å². The minimum atomic E-state index is -1.78. The standard InChI is InChI=1S/C12H12Cl2O7/c13-4-1-2-6(5(14)3-4)20-12-9(17)7(15)8(16)10(21-12)11(18)19/h1-3,7-10,12,15-17H,(H,18,19)/t7-,8-,9+,10-,12+/m0/s1. The van der Waals surface area contributed by atoms with Gasteiger partial charge in [-0.3, -0.25) is 0 Å². The van der Waals surface area contributed by atoms with E-state index < -0.39 is 36.7 Å². The Morgan fingerprint density at radius 1 is 1.14 bits per heavy atom. The number of aliphatic carboxylic acids is 1. The van der Waals surface area contributed by atoms with Gasteiger partial charge in [-0.2, -0.15) is 0 Å². The topological polar surface area (TPSA) is 116 Å². The first-order chi connectivity index (χ1) is 9.81. The number of benzene rings is 1. The summed E-state index contributed by atoms with van der Waals surface area (Å²) in [5, 5.41) is 38.4. The third-order valence-electron chi connectivity index (χ3n) is 2.95. The Balaban J connectivity index is 2.20. The van der Waals surface area contributed by atoms with Gasteiger partial charge < -0.3 is 29.9 Å². The molecule has 116 valence electrons. The summed E-state index contributed by atoms with van der Waals surface area (Å²) >= 11 is 11.6. The van der Waals surface area contributed by atoms with Crippen molar-refractivity contribution in [2.75, 3.05) is 0 Å². The van der Waals surface area contributed by atoms with Crippen LogP contribution in [0, 0.1) is 0 Å². The van der Waals surface area contributed by atoms with E-state index in [1.54, 1.807) is 0 Å². The van der Waals surface area contributed by atoms with Crippen molar-refractivity contribution in [1.82, 2.24) is 0 Å². The van der Waals surface area contributed by atoms with Crippen molar-refractivity contribution in [3.05, 3.63) is 28.2 Å². The molecule has 0 aromatic heterocycles. The first-order valence-corrected chi connectivity index (χ1v) is 6.61. The molecule has 1 aromatic carbocycles. The van der Waals surface area contributed by atoms with Crippen LogP contribution in [0.25, 0.3) is 0 Å². The highest BCUT2D eigenvalue weighted by molar-refractivity contribution is 6.35. The van der Waals surface area contributed by atoms with Crippen molar-refractivity contribution in [2.24, 2.45) is 0 Å². The SMILES string of the molecule is O=C(O)[C@H]1O[C@@H](Oc2ccc(Cl)cc2Cl)[C@H](O)[C@@H](O)[C@@H]1O. The van der Waals surface area contributed by atoms with Crippen LogP contribution in [0.5, 0.6) is 5.75 Å². The summed E-state index contributed by atoms with van der Waals surface area (Å²) < 4.78 is 10.2. The summed E-state index contributed by atoms with van der Waals surface area (Å²) in [4.78, 5) is 10.9. The molecule has 1 aromatic rings. The number of carbonyl (C=O) groups is 1. The zero-order chi connectivity index (χ0) is 15.7. The van der Waals surface area contributed by atoms with Gasteiger partial charge in [0.25, 0.3) is 0 Å². The third-order valence-corrected chi connectivity index (χ3v) is 3.48. The molecular weight excluding hydrogens is 327 g/mol. The van der Waals surface area contributed by atoms with Crippen LogP contribution < -0.4 is 4.74 Å². The average Bonchev–Trinajstić information content (AvgIpc) is 2.41. The van der Waals surface area contributed by atoms with Gasteiger partial charge in [0.2, 0.25) is 6.29 Å². The van der Waals surface area contributed by atoms with Crippen molar-refractivity contribution >= 4 is 29.2 Å². The fraction of sp³-hybridized carbons (Fsp3) is 0.417. The Hall–Kier alpha value is -1.09. The summed E-state index contributed by atoms with van der Waals surface area (Å²) in [6, 6.07) is 4.25. The monoisotopic (exact) mass is 338 g/mol. The van der Waals surface area contributed by atoms with Crippen molar-refractivity contribution in [3.8, 4) is 5.75 Å². The number of halogens is 2. The van der Waals surface area contributed by atoms with Crippen LogP contribution in [0.1, 0.15) is 0 Å². The molecule has 0 unspecified atom stereocenters. The summed E-state index contributed by atoms with van der Waals surface area (Å²) in [5.74, 6) is -1.41. The molecule has 2 rings (SSSR count). The maximum absolute atomic E-state index is 10.9. The molecule has 5 atom stereocenters. The van der Waals surface area contributed by atoms with Crippen molar-refractivity contribution < 1.29 is 34.7 Å². The first kappa shape index (κ1) is 16.3. The van der Waals surface area contributed by atoms with E-state index in [0.29, 0.717) is 5.02 Å². The van der Waals surface area contributed by atoms with Gasteiger partial charge in [-0.25, -0.2) is 4.79 Å². The van der Waals surface area contributed by atoms with Crippen LogP contribution in [0.15, 0.2) is 18.2 Å². The fourth-order valence-electron chi connectivity index (χ4n) is 1.85. The van der Waals surface area contributed by atoms with Crippen LogP contribution in [0.3, 0.4) is 0 Å². The summed E-state index contributed by atoms with van der Waals surface area (Å²) in [5.41, 5.74) is 0. The molecule has 0 spiro atoms. The molecule has 1 aliphatic heterocycles. The predicted octanol–water partition coefficient (Wildman–Crippen LogP) is 0.264. The van der Waals surface area contributed by atoms with E-state index in [-0.39, 0.29) is 10.8 Å². The predicted molar refractivity (Wildman–Crippen MR) is 71.4 cm³/mol. The maximum atomic E-state index is 10.9. The number of hydrogen-bond acceptors (Lipinski definition) is 6. The molecule has 1 heterocycles. The van der Waals surface area contributed by atoms with Crippen LogP contribution >= 0.6 is 23.2 Å². The van der Waals surface area contributed by atoms with Gasteiger partial charge in [-0.05, 0) is 18.2 Å². The average molecular weight is 339 g/mol. The van der Waals surface area contributed by atoms with Gasteiger partial charge in [0.15, 0.2) is 6.10 Å². The van der Waals surface area contributed by atoms with Crippen molar-refractivity contribution in [1.29, 1.82) is 0 Å². The molecule has 0 aliphatic carbocycles. The molecule has 9 heteroatoms. The van der Waals surface area contributed by atoms with Gasteiger partial charge in [-0.1, -0.05) is 23.2 Å². The van der Waals surface area contributed by atoms with E-state index >= 15 is 0 Å². The zero-order valence-electron chi connectivity index (χ0n) is 10.4. The van der Waals surface area contributed by atoms with Gasteiger partial charge in [-0.15, -0.1) is 0 Å². The van der Waals surface area contributed by atoms with Crippen molar-refractivity contribution in [3.63, 3.8) is 0 Å². The second kappa shape index (κ2) is 6.35. The number of hydrogen-bond donors (Lipinski definition) is 4. The van der Waals surface area contributed by atoms with Gasteiger partial charge in [0.05, 0.1) is 5.02 Å². The van der Waals surface area contributed by atoms with E-state index in [4.69, 9.17) is 37.8 Å². The summed E-state index contributed by atoms with van der Waals surface area (Å²) in [6.07, 6.45) is -8.42. The number of rotatable bonds is 3. The highest BCUT2D eigenvalue weighted by Gasteiger charge is 2.48. The molecular formula is C12H12Cl2O7. The van der Waals surface area contributed by atoms with E-state index in [2.05, 4.69) is 0 Å². The van der Waals surface area contributed by atoms with E-state index in [1.807, 2.05) is 0 Å². The summed E-state index contributed by atoms with van der Waals surface area (Å²) in [7, 11) is 0. The smallest absolute Gasteiger partial charge is 0.335 e. The molecule has 0 saturated carbocycles. The van der Waals surface area contributed by atoms with E-state index in [9.17, 15) is 20.1 Å². The second-order valence-corrected chi connectivity index (χ2v) is 5.27. The minimum Gasteiger partial charge on any atom is -0.479 e. The lowest BCUT2D eigenvalue weighted by molar-refractivity contribution is -0.271. The Kier molecular flexibility index (Phi) is 4.92. The Labute approximate surface area is 129 Å². The molecule has 21 heavy (non-hydrogen) atoms. The molecule has 7 nitrogen and oxygen atoms in total. The molecule has 1 fully saturated rings. The molecule has 4 N–H and O–H groups in total. The third kappa shape index (κ3) is 3.39. The van der Waals surface area contributed by atoms with Crippen LogP contribution in [-0.2, 0) is 9.53 Å². The van der Waals surface area contributed by atoms with E-state index in [0.717, 1.165) is 0 Å². The number of carboxylic acids is 1. The molecule has 1 saturated heterocycles. The molecule has 1 aliphatic rings. The van der Waals surface area contributed by atoms with Crippen LogP contribution in [0.2, 0.25) is 10.0 Å². The number of ether oxygens (including phenoxy) is 2. The van der Waals surface area contributed by atoms with Crippen molar-refractivity contribution in [2.45, 2.75) is 30.7 Å². The lowest BCUT2D eigenvalue weighted by atomic mass is 9.99. The van der Waals surface area contributed by atoms with Crippen LogP contribution in [-0.4, -0.2) is 57.1 Å². The minimum absolute atomic E-state index is 0.0813. The van der Waals surface area contributed by atoms with Gasteiger partial charge >= 0.3 is 5.97 Å². The summed E-state index contributed by atoms with van der Waals surface area (Å²) in [6.45, 7) is 0. The Bertz CT molecular complexity index is 538. The fourth-order valence-corrected chi connectivity index (χ4v) is 2.30. The Morgan fingerprint density at radius 3 is 2.38 bits per heavy atom. The maximum Gasteiger partial charge on any atom is 0.335 e. The van der Waals surface area contributed by atoms with Crippen LogP contribution in [0.4, 0.5) is 0 Å². The quantitative estimate of drug-likeness (QED) is 0.624. The lowest BCUT2D eigenvalue weighted by Crippen LogP contribution is -2.61. The highest BCUT2D eigenvalue weighted by atomic mass is 35.5. The largest absolute Gasteiger partial charge is 0.479 e. The first-order valence-electron chi connectivity index (χ1n) is 5.85. The molecule has 0 radical (unpaired) electrons. The zero-order valence-corrected chi connectivity index (χ0v) is 11.9.